The zero-order chi connectivity index (χ0) is 28.5. The van der Waals surface area contributed by atoms with Gasteiger partial charge in [-0.1, -0.05) is 23.8 Å². The van der Waals surface area contributed by atoms with Crippen molar-refractivity contribution in [3.8, 4) is 5.75 Å². The lowest BCUT2D eigenvalue weighted by atomic mass is 10.0. The highest BCUT2D eigenvalue weighted by molar-refractivity contribution is 7.15. The van der Waals surface area contributed by atoms with E-state index in [1.54, 1.807) is 32.4 Å². The number of aromatic nitrogens is 1. The number of methoxy groups -OCH3 is 1. The number of anilines is 1. The van der Waals surface area contributed by atoms with Gasteiger partial charge in [-0.3, -0.25) is 14.4 Å². The molecule has 3 amide bonds. The molecule has 3 atom stereocenters. The summed E-state index contributed by atoms with van der Waals surface area (Å²) in [6.45, 7) is 3.54. The first-order chi connectivity index (χ1) is 19.3. The summed E-state index contributed by atoms with van der Waals surface area (Å²) < 4.78 is 5.21. The Bertz CT molecular complexity index is 1220. The zero-order valence-corrected chi connectivity index (χ0v) is 23.8. The lowest BCUT2D eigenvalue weighted by molar-refractivity contribution is -0.132. The highest BCUT2D eigenvalue weighted by Gasteiger charge is 2.27. The van der Waals surface area contributed by atoms with E-state index in [1.165, 1.54) is 11.3 Å². The third-order valence-electron chi connectivity index (χ3n) is 7.11. The molecule has 4 rings (SSSR count). The number of carbonyl (C=O) groups is 4. The van der Waals surface area contributed by atoms with E-state index in [9.17, 15) is 19.2 Å². The predicted molar refractivity (Wildman–Crippen MR) is 153 cm³/mol. The number of benzene rings is 1. The number of hydrogen-bond acceptors (Lipinski definition) is 8. The Morgan fingerprint density at radius 3 is 2.48 bits per heavy atom. The van der Waals surface area contributed by atoms with Crippen molar-refractivity contribution in [3.63, 3.8) is 0 Å². The summed E-state index contributed by atoms with van der Waals surface area (Å²) in [6, 6.07) is 4.71. The molecule has 1 aliphatic carbocycles. The average molecular weight is 568 g/mol. The Balaban J connectivity index is 1.36. The molecule has 1 aromatic heterocycles. The second-order valence-corrected chi connectivity index (χ2v) is 11.3. The number of rotatable bonds is 14. The Hall–Kier alpha value is -3.73. The van der Waals surface area contributed by atoms with E-state index in [1.807, 2.05) is 12.1 Å². The molecule has 2 aromatic rings. The van der Waals surface area contributed by atoms with Gasteiger partial charge in [0.2, 0.25) is 17.7 Å². The first-order valence-corrected chi connectivity index (χ1v) is 14.5. The van der Waals surface area contributed by atoms with Crippen molar-refractivity contribution >= 4 is 40.5 Å². The number of carbonyl (C=O) groups excluding carboxylic acids is 4. The molecule has 11 heteroatoms. The van der Waals surface area contributed by atoms with Crippen LogP contribution in [0.4, 0.5) is 5.13 Å². The second-order valence-electron chi connectivity index (χ2n) is 10.2. The van der Waals surface area contributed by atoms with E-state index in [0.717, 1.165) is 66.2 Å². The van der Waals surface area contributed by atoms with Gasteiger partial charge in [0, 0.05) is 30.6 Å². The van der Waals surface area contributed by atoms with Crippen LogP contribution in [-0.2, 0) is 32.0 Å². The number of nitrogens with zero attached hydrogens (tertiary/aromatic N) is 2. The molecule has 0 radical (unpaired) electrons. The summed E-state index contributed by atoms with van der Waals surface area (Å²) in [7, 11) is 1.57. The molecule has 2 aliphatic rings. The van der Waals surface area contributed by atoms with Gasteiger partial charge in [-0.05, 0) is 56.7 Å². The number of amides is 3. The number of allylic oxidation sites excluding steroid dienone is 1. The summed E-state index contributed by atoms with van der Waals surface area (Å²) in [5.41, 5.74) is 1.96. The number of thiazole rings is 1. The first-order valence-electron chi connectivity index (χ1n) is 13.7. The van der Waals surface area contributed by atoms with Crippen LogP contribution in [0.15, 0.2) is 42.1 Å². The van der Waals surface area contributed by atoms with Crippen LogP contribution in [0.25, 0.3) is 0 Å². The SMILES string of the molecule is COc1ccc(CC(NC(=O)C(C)NC(=O)Cc2cnc(N3CCC3)s2)C(=O)NC(C=O)CC2=CCCC2)cc1. The molecular weight excluding hydrogens is 530 g/mol. The Morgan fingerprint density at radius 2 is 1.85 bits per heavy atom. The largest absolute Gasteiger partial charge is 0.497 e. The van der Waals surface area contributed by atoms with Gasteiger partial charge in [0.1, 0.15) is 24.1 Å². The molecule has 0 saturated carbocycles. The highest BCUT2D eigenvalue weighted by Crippen LogP contribution is 2.26. The Kier molecular flexibility index (Phi) is 10.3. The van der Waals surface area contributed by atoms with Gasteiger partial charge in [-0.25, -0.2) is 4.98 Å². The molecule has 0 bridgehead atoms. The van der Waals surface area contributed by atoms with Crippen LogP contribution >= 0.6 is 11.3 Å². The summed E-state index contributed by atoms with van der Waals surface area (Å²) >= 11 is 1.48. The summed E-state index contributed by atoms with van der Waals surface area (Å²) in [5.74, 6) is -0.576. The average Bonchev–Trinajstić information content (AvgIpc) is 3.59. The molecule has 1 fully saturated rings. The quantitative estimate of drug-likeness (QED) is 0.236. The van der Waals surface area contributed by atoms with Crippen molar-refractivity contribution in [2.45, 2.75) is 70.0 Å². The van der Waals surface area contributed by atoms with E-state index in [0.29, 0.717) is 12.2 Å². The lowest BCUT2D eigenvalue weighted by Crippen LogP contribution is -2.55. The van der Waals surface area contributed by atoms with Crippen LogP contribution in [0, 0.1) is 0 Å². The summed E-state index contributed by atoms with van der Waals surface area (Å²) in [6.07, 6.45) is 9.43. The van der Waals surface area contributed by atoms with Crippen molar-refractivity contribution in [2.24, 2.45) is 0 Å². The van der Waals surface area contributed by atoms with Crippen LogP contribution in [0.1, 0.15) is 49.5 Å². The predicted octanol–water partition coefficient (Wildman–Crippen LogP) is 2.32. The zero-order valence-electron chi connectivity index (χ0n) is 23.0. The second kappa shape index (κ2) is 14.1. The minimum absolute atomic E-state index is 0.121. The summed E-state index contributed by atoms with van der Waals surface area (Å²) in [5, 5.41) is 9.20. The fraction of sp³-hybridized carbons (Fsp3) is 0.483. The maximum atomic E-state index is 13.3. The van der Waals surface area contributed by atoms with Crippen molar-refractivity contribution in [3.05, 3.63) is 52.6 Å². The van der Waals surface area contributed by atoms with Crippen LogP contribution < -0.4 is 25.6 Å². The molecule has 1 aliphatic heterocycles. The number of hydrogen-bond donors (Lipinski definition) is 3. The molecule has 0 spiro atoms. The maximum Gasteiger partial charge on any atom is 0.243 e. The number of ether oxygens (including phenoxy) is 1. The molecule has 10 nitrogen and oxygen atoms in total. The Labute approximate surface area is 238 Å². The molecule has 40 heavy (non-hydrogen) atoms. The van der Waals surface area contributed by atoms with Gasteiger partial charge >= 0.3 is 0 Å². The van der Waals surface area contributed by atoms with E-state index in [2.05, 4.69) is 31.9 Å². The lowest BCUT2D eigenvalue weighted by Gasteiger charge is -2.30. The summed E-state index contributed by atoms with van der Waals surface area (Å²) in [4.78, 5) is 58.1. The number of nitrogens with one attached hydrogen (secondary N) is 3. The van der Waals surface area contributed by atoms with Crippen molar-refractivity contribution < 1.29 is 23.9 Å². The molecule has 2 heterocycles. The fourth-order valence-corrected chi connectivity index (χ4v) is 5.63. The van der Waals surface area contributed by atoms with Crippen molar-refractivity contribution in [2.75, 3.05) is 25.1 Å². The molecule has 1 aromatic carbocycles. The molecular formula is C29H37N5O5S. The third-order valence-corrected chi connectivity index (χ3v) is 8.17. The first kappa shape index (κ1) is 29.3. The van der Waals surface area contributed by atoms with Gasteiger partial charge in [0.15, 0.2) is 5.13 Å². The fourth-order valence-electron chi connectivity index (χ4n) is 4.67. The van der Waals surface area contributed by atoms with E-state index >= 15 is 0 Å². The topological polar surface area (TPSA) is 130 Å². The van der Waals surface area contributed by atoms with Crippen LogP contribution in [0.2, 0.25) is 0 Å². The monoisotopic (exact) mass is 567 g/mol. The highest BCUT2D eigenvalue weighted by atomic mass is 32.1. The van der Waals surface area contributed by atoms with Crippen LogP contribution in [-0.4, -0.2) is 67.3 Å². The van der Waals surface area contributed by atoms with E-state index in [-0.39, 0.29) is 18.7 Å². The van der Waals surface area contributed by atoms with E-state index in [4.69, 9.17) is 4.74 Å². The minimum atomic E-state index is -0.944. The van der Waals surface area contributed by atoms with Crippen LogP contribution in [0.5, 0.6) is 5.75 Å². The van der Waals surface area contributed by atoms with Crippen molar-refractivity contribution in [1.82, 2.24) is 20.9 Å². The van der Waals surface area contributed by atoms with Crippen LogP contribution in [0.3, 0.4) is 0 Å². The molecule has 214 valence electrons. The van der Waals surface area contributed by atoms with Gasteiger partial charge in [0.05, 0.1) is 19.6 Å². The van der Waals surface area contributed by atoms with E-state index < -0.39 is 29.9 Å². The standard InChI is InChI=1S/C29H37N5O5S/c1-19(31-26(36)16-24-17-30-29(40-24)34-12-5-13-34)27(37)33-25(15-21-8-10-23(39-2)11-9-21)28(38)32-22(18-35)14-20-6-3-4-7-20/h6,8-11,17-19,22,25H,3-5,7,12-16H2,1-2H3,(H,31,36)(H,32,38)(H,33,37). The van der Waals surface area contributed by atoms with Gasteiger partial charge < -0.3 is 30.4 Å². The Morgan fingerprint density at radius 1 is 1.07 bits per heavy atom. The van der Waals surface area contributed by atoms with Gasteiger partial charge in [-0.15, -0.1) is 11.3 Å². The smallest absolute Gasteiger partial charge is 0.243 e. The molecule has 1 saturated heterocycles. The molecule has 3 unspecified atom stereocenters. The van der Waals surface area contributed by atoms with Gasteiger partial charge in [0.25, 0.3) is 0 Å². The van der Waals surface area contributed by atoms with Crippen molar-refractivity contribution in [1.29, 1.82) is 0 Å². The minimum Gasteiger partial charge on any atom is -0.497 e. The third kappa shape index (κ3) is 8.14. The molecule has 3 N–H and O–H groups in total. The van der Waals surface area contributed by atoms with Gasteiger partial charge in [-0.2, -0.15) is 0 Å². The normalized spacial score (nSPS) is 16.6. The number of aldehydes is 1. The maximum absolute atomic E-state index is 13.3.